The maximum absolute atomic E-state index is 11.7. The highest BCUT2D eigenvalue weighted by molar-refractivity contribution is 5.92. The third kappa shape index (κ3) is 4.68. The van der Waals surface area contributed by atoms with E-state index >= 15 is 0 Å². The van der Waals surface area contributed by atoms with E-state index in [1.54, 1.807) is 0 Å². The fourth-order valence-corrected chi connectivity index (χ4v) is 3.56. The fraction of sp³-hybridized carbons (Fsp3) is 0.318. The highest BCUT2D eigenvalue weighted by atomic mass is 16.1. The Morgan fingerprint density at radius 3 is 1.93 bits per heavy atom. The Kier molecular flexibility index (Phi) is 6.14. The SMILES string of the molecule is CN(C)CCCN1CN(CC(N)=O)C(c2ccccc2)=C1c1ccccc1. The van der Waals surface area contributed by atoms with E-state index in [2.05, 4.69) is 65.2 Å². The van der Waals surface area contributed by atoms with E-state index in [1.807, 2.05) is 24.3 Å². The Morgan fingerprint density at radius 2 is 1.44 bits per heavy atom. The first-order chi connectivity index (χ1) is 13.1. The van der Waals surface area contributed by atoms with Gasteiger partial charge in [-0.25, -0.2) is 0 Å². The van der Waals surface area contributed by atoms with Crippen LogP contribution in [-0.4, -0.2) is 61.0 Å². The summed E-state index contributed by atoms with van der Waals surface area (Å²) in [6.45, 7) is 2.83. The highest BCUT2D eigenvalue weighted by Gasteiger charge is 2.31. The highest BCUT2D eigenvalue weighted by Crippen LogP contribution is 2.37. The quantitative estimate of drug-likeness (QED) is 0.782. The number of rotatable bonds is 8. The van der Waals surface area contributed by atoms with E-state index < -0.39 is 0 Å². The molecule has 1 aliphatic heterocycles. The number of benzene rings is 2. The molecule has 0 unspecified atom stereocenters. The maximum atomic E-state index is 11.7. The first-order valence-electron chi connectivity index (χ1n) is 9.34. The van der Waals surface area contributed by atoms with Crippen LogP contribution >= 0.6 is 0 Å². The summed E-state index contributed by atoms with van der Waals surface area (Å²) < 4.78 is 0. The minimum atomic E-state index is -0.314. The van der Waals surface area contributed by atoms with Gasteiger partial charge in [0.2, 0.25) is 5.91 Å². The molecule has 2 aromatic carbocycles. The molecule has 3 rings (SSSR count). The molecule has 1 aliphatic rings. The van der Waals surface area contributed by atoms with Gasteiger partial charge in [0, 0.05) is 12.1 Å². The molecule has 0 aliphatic carbocycles. The topological polar surface area (TPSA) is 52.8 Å². The van der Waals surface area contributed by atoms with Gasteiger partial charge in [0.1, 0.15) is 0 Å². The van der Waals surface area contributed by atoms with E-state index in [9.17, 15) is 4.79 Å². The minimum Gasteiger partial charge on any atom is -0.368 e. The van der Waals surface area contributed by atoms with Crippen LogP contribution in [0.2, 0.25) is 0 Å². The van der Waals surface area contributed by atoms with Gasteiger partial charge in [-0.2, -0.15) is 0 Å². The van der Waals surface area contributed by atoms with Crippen LogP contribution in [0.1, 0.15) is 17.5 Å². The zero-order valence-corrected chi connectivity index (χ0v) is 16.1. The van der Waals surface area contributed by atoms with Crippen LogP contribution in [0.15, 0.2) is 60.7 Å². The second-order valence-electron chi connectivity index (χ2n) is 7.16. The number of hydrogen-bond donors (Lipinski definition) is 1. The summed E-state index contributed by atoms with van der Waals surface area (Å²) in [7, 11) is 4.18. The average molecular weight is 364 g/mol. The molecular weight excluding hydrogens is 336 g/mol. The lowest BCUT2D eigenvalue weighted by Crippen LogP contribution is -2.35. The van der Waals surface area contributed by atoms with Crippen molar-refractivity contribution < 1.29 is 4.79 Å². The summed E-state index contributed by atoms with van der Waals surface area (Å²) in [4.78, 5) is 18.4. The summed E-state index contributed by atoms with van der Waals surface area (Å²) in [5.41, 5.74) is 10.1. The molecule has 142 valence electrons. The number of primary amides is 1. The number of nitrogens with two attached hydrogens (primary N) is 1. The predicted molar refractivity (Wildman–Crippen MR) is 110 cm³/mol. The number of nitrogens with zero attached hydrogens (tertiary/aromatic N) is 3. The molecule has 1 amide bonds. The summed E-state index contributed by atoms with van der Waals surface area (Å²) in [6.07, 6.45) is 1.05. The van der Waals surface area contributed by atoms with E-state index in [1.165, 1.54) is 5.70 Å². The molecule has 2 N–H and O–H groups in total. The third-order valence-corrected chi connectivity index (χ3v) is 4.67. The fourth-order valence-electron chi connectivity index (χ4n) is 3.56. The molecule has 0 aromatic heterocycles. The molecule has 27 heavy (non-hydrogen) atoms. The number of hydrogen-bond acceptors (Lipinski definition) is 4. The summed E-state index contributed by atoms with van der Waals surface area (Å²) in [5, 5.41) is 0. The van der Waals surface area contributed by atoms with E-state index in [-0.39, 0.29) is 12.5 Å². The normalized spacial score (nSPS) is 14.3. The van der Waals surface area contributed by atoms with Crippen LogP contribution in [-0.2, 0) is 4.79 Å². The van der Waals surface area contributed by atoms with Gasteiger partial charge in [0.05, 0.1) is 24.6 Å². The maximum Gasteiger partial charge on any atom is 0.237 e. The lowest BCUT2D eigenvalue weighted by Gasteiger charge is -2.24. The molecule has 5 nitrogen and oxygen atoms in total. The Morgan fingerprint density at radius 1 is 0.926 bits per heavy atom. The van der Waals surface area contributed by atoms with Gasteiger partial charge >= 0.3 is 0 Å². The van der Waals surface area contributed by atoms with Gasteiger partial charge < -0.3 is 20.4 Å². The third-order valence-electron chi connectivity index (χ3n) is 4.67. The largest absolute Gasteiger partial charge is 0.368 e. The Labute approximate surface area is 161 Å². The van der Waals surface area contributed by atoms with E-state index in [4.69, 9.17) is 5.73 Å². The van der Waals surface area contributed by atoms with E-state index in [0.717, 1.165) is 36.3 Å². The second-order valence-corrected chi connectivity index (χ2v) is 7.16. The van der Waals surface area contributed by atoms with Crippen molar-refractivity contribution in [2.75, 3.05) is 40.4 Å². The molecule has 0 atom stereocenters. The van der Waals surface area contributed by atoms with Gasteiger partial charge in [0.25, 0.3) is 0 Å². The molecule has 0 saturated carbocycles. The zero-order chi connectivity index (χ0) is 19.2. The van der Waals surface area contributed by atoms with Crippen molar-refractivity contribution >= 4 is 17.3 Å². The minimum absolute atomic E-state index is 0.213. The standard InChI is InChI=1S/C22H28N4O/c1-24(2)14-9-15-25-17-26(16-20(23)27)22(19-12-7-4-8-13-19)21(25)18-10-5-3-6-11-18/h3-8,10-13H,9,14-17H2,1-2H3,(H2,23,27). The molecule has 0 saturated heterocycles. The van der Waals surface area contributed by atoms with Crippen LogP contribution in [0, 0.1) is 0 Å². The van der Waals surface area contributed by atoms with Crippen molar-refractivity contribution in [2.45, 2.75) is 6.42 Å². The van der Waals surface area contributed by atoms with Crippen molar-refractivity contribution in [3.63, 3.8) is 0 Å². The Hall–Kier alpha value is -2.79. The monoisotopic (exact) mass is 364 g/mol. The number of carbonyl (C=O) groups excluding carboxylic acids is 1. The van der Waals surface area contributed by atoms with Gasteiger partial charge in [0.15, 0.2) is 0 Å². The summed E-state index contributed by atoms with van der Waals surface area (Å²) in [6, 6.07) is 20.7. The van der Waals surface area contributed by atoms with Crippen LogP contribution in [0.25, 0.3) is 11.4 Å². The second kappa shape index (κ2) is 8.73. The molecule has 5 heteroatoms. The molecule has 1 heterocycles. The van der Waals surface area contributed by atoms with Gasteiger partial charge in [-0.05, 0) is 32.6 Å². The van der Waals surface area contributed by atoms with Crippen LogP contribution < -0.4 is 5.73 Å². The summed E-state index contributed by atoms with van der Waals surface area (Å²) >= 11 is 0. The van der Waals surface area contributed by atoms with Crippen LogP contribution in [0.5, 0.6) is 0 Å². The lowest BCUT2D eigenvalue weighted by molar-refractivity contribution is -0.118. The molecule has 0 fully saturated rings. The molecule has 0 bridgehead atoms. The first kappa shape index (κ1) is 19.0. The average Bonchev–Trinajstić information content (AvgIpc) is 3.00. The van der Waals surface area contributed by atoms with Crippen molar-refractivity contribution in [3.05, 3.63) is 71.8 Å². The smallest absolute Gasteiger partial charge is 0.237 e. The van der Waals surface area contributed by atoms with E-state index in [0.29, 0.717) is 6.67 Å². The number of amides is 1. The van der Waals surface area contributed by atoms with Gasteiger partial charge in [-0.1, -0.05) is 60.7 Å². The van der Waals surface area contributed by atoms with Crippen molar-refractivity contribution in [1.29, 1.82) is 0 Å². The summed E-state index contributed by atoms with van der Waals surface area (Å²) in [5.74, 6) is -0.314. The lowest BCUT2D eigenvalue weighted by atomic mass is 10.0. The van der Waals surface area contributed by atoms with Crippen molar-refractivity contribution in [1.82, 2.24) is 14.7 Å². The van der Waals surface area contributed by atoms with Gasteiger partial charge in [-0.15, -0.1) is 0 Å². The molecule has 0 spiro atoms. The Bertz CT molecular complexity index is 786. The zero-order valence-electron chi connectivity index (χ0n) is 16.1. The predicted octanol–water partition coefficient (Wildman–Crippen LogP) is 2.52. The van der Waals surface area contributed by atoms with Crippen LogP contribution in [0.3, 0.4) is 0 Å². The molecular formula is C22H28N4O. The first-order valence-corrected chi connectivity index (χ1v) is 9.34. The van der Waals surface area contributed by atoms with Crippen molar-refractivity contribution in [3.8, 4) is 0 Å². The van der Waals surface area contributed by atoms with Gasteiger partial charge in [-0.3, -0.25) is 4.79 Å². The van der Waals surface area contributed by atoms with Crippen LogP contribution in [0.4, 0.5) is 0 Å². The molecule has 2 aromatic rings. The number of carbonyl (C=O) groups is 1. The molecule has 0 radical (unpaired) electrons. The van der Waals surface area contributed by atoms with Crippen molar-refractivity contribution in [2.24, 2.45) is 5.73 Å². The Balaban J connectivity index is 2.04.